The van der Waals surface area contributed by atoms with Gasteiger partial charge in [0.05, 0.1) is 6.54 Å². The van der Waals surface area contributed by atoms with Gasteiger partial charge in [0.25, 0.3) is 0 Å². The summed E-state index contributed by atoms with van der Waals surface area (Å²) < 4.78 is 40.2. The van der Waals surface area contributed by atoms with Crippen molar-refractivity contribution in [2.24, 2.45) is 10.7 Å². The van der Waals surface area contributed by atoms with Gasteiger partial charge in [-0.15, -0.1) is 37.1 Å². The number of guanidine groups is 1. The first-order chi connectivity index (χ1) is 13.2. The number of halogens is 4. The number of amides is 1. The lowest BCUT2D eigenvalue weighted by molar-refractivity contribution is -0.274. The molecular weight excluding hydrogens is 500 g/mol. The molecule has 0 saturated heterocycles. The number of nitrogens with two attached hydrogens (primary N) is 1. The van der Waals surface area contributed by atoms with Gasteiger partial charge in [0.15, 0.2) is 5.96 Å². The first-order valence-electron chi connectivity index (χ1n) is 8.56. The monoisotopic (exact) mass is 522 g/mol. The summed E-state index contributed by atoms with van der Waals surface area (Å²) in [6, 6.07) is 12.4. The van der Waals surface area contributed by atoms with E-state index in [1.54, 1.807) is 12.1 Å². The topological polar surface area (TPSA) is 88.7 Å². The molecule has 1 amide bonds. The number of ether oxygens (including phenoxy) is 1. The Labute approximate surface area is 183 Å². The fourth-order valence-corrected chi connectivity index (χ4v) is 2.25. The third-order valence-electron chi connectivity index (χ3n) is 3.51. The minimum atomic E-state index is -4.73. The fourth-order valence-electron chi connectivity index (χ4n) is 2.25. The van der Waals surface area contributed by atoms with Gasteiger partial charge in [0, 0.05) is 17.8 Å². The second kappa shape index (κ2) is 11.5. The van der Waals surface area contributed by atoms with Crippen molar-refractivity contribution in [2.75, 3.05) is 10.6 Å². The number of nitrogens with one attached hydrogen (secondary N) is 2. The summed E-state index contributed by atoms with van der Waals surface area (Å²) >= 11 is 0. The van der Waals surface area contributed by atoms with Gasteiger partial charge in [-0.2, -0.15) is 0 Å². The molecule has 0 aliphatic heterocycles. The van der Waals surface area contributed by atoms with E-state index in [1.807, 2.05) is 19.1 Å². The van der Waals surface area contributed by atoms with Gasteiger partial charge in [-0.25, -0.2) is 4.99 Å². The molecule has 4 N–H and O–H groups in total. The van der Waals surface area contributed by atoms with Crippen molar-refractivity contribution in [1.82, 2.24) is 0 Å². The summed E-state index contributed by atoms with van der Waals surface area (Å²) in [5, 5.41) is 5.58. The standard InChI is InChI=1S/C19H21F3N4O2.HI/c1-2-3-17(27)25-14-6-4-13(5-7-14)12-24-18(23)26-15-8-10-16(11-9-15)28-19(20,21)22;/h4-11H,2-3,12H2,1H3,(H,25,27)(H3,23,24,26);1H. The van der Waals surface area contributed by atoms with Crippen LogP contribution in [-0.2, 0) is 11.3 Å². The number of rotatable bonds is 7. The number of carbonyl (C=O) groups excluding carboxylic acids is 1. The Bertz CT molecular complexity index is 810. The summed E-state index contributed by atoms with van der Waals surface area (Å²) in [7, 11) is 0. The smallest absolute Gasteiger partial charge is 0.406 e. The molecule has 0 aromatic heterocycles. The Morgan fingerprint density at radius 1 is 1.03 bits per heavy atom. The maximum Gasteiger partial charge on any atom is 0.573 e. The second-order valence-corrected chi connectivity index (χ2v) is 5.89. The molecule has 2 rings (SSSR count). The van der Waals surface area contributed by atoms with E-state index in [4.69, 9.17) is 5.73 Å². The summed E-state index contributed by atoms with van der Waals surface area (Å²) in [6.07, 6.45) is -3.48. The zero-order chi connectivity index (χ0) is 20.6. The first-order valence-corrected chi connectivity index (χ1v) is 8.56. The Kier molecular flexibility index (Phi) is 9.72. The lowest BCUT2D eigenvalue weighted by Gasteiger charge is -2.10. The van der Waals surface area contributed by atoms with Crippen LogP contribution in [0.15, 0.2) is 53.5 Å². The number of hydrogen-bond donors (Lipinski definition) is 3. The van der Waals surface area contributed by atoms with E-state index < -0.39 is 6.36 Å². The van der Waals surface area contributed by atoms with Crippen LogP contribution >= 0.6 is 24.0 Å². The average molecular weight is 522 g/mol. The number of hydrogen-bond acceptors (Lipinski definition) is 3. The highest BCUT2D eigenvalue weighted by Crippen LogP contribution is 2.23. The van der Waals surface area contributed by atoms with E-state index in [0.29, 0.717) is 24.3 Å². The Morgan fingerprint density at radius 2 is 1.59 bits per heavy atom. The fraction of sp³-hybridized carbons (Fsp3) is 0.263. The first kappa shape index (κ1) is 24.5. The molecular formula is C19H22F3IN4O2. The normalized spacial score (nSPS) is 11.4. The van der Waals surface area contributed by atoms with E-state index in [9.17, 15) is 18.0 Å². The van der Waals surface area contributed by atoms with E-state index >= 15 is 0 Å². The largest absolute Gasteiger partial charge is 0.573 e. The molecule has 0 aliphatic rings. The number of benzene rings is 2. The molecule has 0 bridgehead atoms. The molecule has 0 heterocycles. The Balaban J connectivity index is 0.00000420. The molecule has 29 heavy (non-hydrogen) atoms. The van der Waals surface area contributed by atoms with Gasteiger partial charge in [0.1, 0.15) is 5.75 Å². The van der Waals surface area contributed by atoms with Crippen LogP contribution < -0.4 is 21.1 Å². The Morgan fingerprint density at radius 3 is 2.14 bits per heavy atom. The highest BCUT2D eigenvalue weighted by molar-refractivity contribution is 14.0. The van der Waals surface area contributed by atoms with Crippen molar-refractivity contribution in [1.29, 1.82) is 0 Å². The molecule has 0 aliphatic carbocycles. The van der Waals surface area contributed by atoms with Crippen LogP contribution in [0, 0.1) is 0 Å². The molecule has 2 aromatic rings. The van der Waals surface area contributed by atoms with Crippen molar-refractivity contribution in [3.05, 3.63) is 54.1 Å². The van der Waals surface area contributed by atoms with Crippen molar-refractivity contribution in [3.8, 4) is 5.75 Å². The lowest BCUT2D eigenvalue weighted by Crippen LogP contribution is -2.22. The maximum atomic E-state index is 12.1. The van der Waals surface area contributed by atoms with Gasteiger partial charge in [-0.1, -0.05) is 19.1 Å². The third-order valence-corrected chi connectivity index (χ3v) is 3.51. The maximum absolute atomic E-state index is 12.1. The van der Waals surface area contributed by atoms with Crippen LogP contribution in [0.4, 0.5) is 24.5 Å². The van der Waals surface area contributed by atoms with E-state index in [1.165, 1.54) is 24.3 Å². The second-order valence-electron chi connectivity index (χ2n) is 5.89. The van der Waals surface area contributed by atoms with Crippen LogP contribution in [0.2, 0.25) is 0 Å². The van der Waals surface area contributed by atoms with Gasteiger partial charge in [0.2, 0.25) is 5.91 Å². The molecule has 0 atom stereocenters. The molecule has 2 aromatic carbocycles. The van der Waals surface area contributed by atoms with Crippen LogP contribution in [0.5, 0.6) is 5.75 Å². The summed E-state index contributed by atoms with van der Waals surface area (Å²) in [5.74, 6) is -0.238. The highest BCUT2D eigenvalue weighted by atomic mass is 127. The molecule has 6 nitrogen and oxygen atoms in total. The summed E-state index contributed by atoms with van der Waals surface area (Å²) in [5.41, 5.74) is 7.86. The molecule has 0 saturated carbocycles. The number of alkyl halides is 3. The number of carbonyl (C=O) groups is 1. The van der Waals surface area contributed by atoms with Gasteiger partial charge >= 0.3 is 6.36 Å². The highest BCUT2D eigenvalue weighted by Gasteiger charge is 2.30. The summed E-state index contributed by atoms with van der Waals surface area (Å²) in [6.45, 7) is 2.24. The molecule has 0 spiro atoms. The zero-order valence-electron chi connectivity index (χ0n) is 15.6. The molecule has 0 radical (unpaired) electrons. The molecule has 0 fully saturated rings. The lowest BCUT2D eigenvalue weighted by atomic mass is 10.2. The minimum Gasteiger partial charge on any atom is -0.406 e. The van der Waals surface area contributed by atoms with Crippen LogP contribution in [0.1, 0.15) is 25.3 Å². The number of anilines is 2. The average Bonchev–Trinajstić information content (AvgIpc) is 2.62. The predicted octanol–water partition coefficient (Wildman–Crippen LogP) is 4.87. The quantitative estimate of drug-likeness (QED) is 0.275. The third kappa shape index (κ3) is 9.50. The summed E-state index contributed by atoms with van der Waals surface area (Å²) in [4.78, 5) is 15.7. The Hall–Kier alpha value is -2.50. The van der Waals surface area contributed by atoms with Gasteiger partial charge < -0.3 is 21.1 Å². The molecule has 10 heteroatoms. The van der Waals surface area contributed by atoms with Crippen molar-refractivity contribution in [3.63, 3.8) is 0 Å². The SMILES string of the molecule is CCCC(=O)Nc1ccc(CN=C(N)Nc2ccc(OC(F)(F)F)cc2)cc1.I. The van der Waals surface area contributed by atoms with E-state index in [2.05, 4.69) is 20.4 Å². The minimum absolute atomic E-state index is 0. The number of nitrogens with zero attached hydrogens (tertiary/aromatic N) is 1. The van der Waals surface area contributed by atoms with Crippen LogP contribution in [-0.4, -0.2) is 18.2 Å². The van der Waals surface area contributed by atoms with E-state index in [0.717, 1.165) is 12.0 Å². The van der Waals surface area contributed by atoms with Crippen molar-refractivity contribution in [2.45, 2.75) is 32.7 Å². The van der Waals surface area contributed by atoms with Crippen molar-refractivity contribution >= 4 is 47.2 Å². The predicted molar refractivity (Wildman–Crippen MR) is 117 cm³/mol. The zero-order valence-corrected chi connectivity index (χ0v) is 18.0. The number of aliphatic imine (C=N–C) groups is 1. The van der Waals surface area contributed by atoms with Crippen LogP contribution in [0.3, 0.4) is 0 Å². The van der Waals surface area contributed by atoms with Gasteiger partial charge in [-0.3, -0.25) is 4.79 Å². The van der Waals surface area contributed by atoms with E-state index in [-0.39, 0.29) is 41.6 Å². The molecule has 158 valence electrons. The van der Waals surface area contributed by atoms with Gasteiger partial charge in [-0.05, 0) is 48.4 Å². The molecule has 0 unspecified atom stereocenters. The van der Waals surface area contributed by atoms with Crippen molar-refractivity contribution < 1.29 is 22.7 Å². The van der Waals surface area contributed by atoms with Crippen LogP contribution in [0.25, 0.3) is 0 Å².